The van der Waals surface area contributed by atoms with Crippen LogP contribution in [0, 0.1) is 0 Å². The number of carbonyl (C=O) groups excluding carboxylic acids is 2. The van der Waals surface area contributed by atoms with Crippen molar-refractivity contribution in [1.82, 2.24) is 10.6 Å². The summed E-state index contributed by atoms with van der Waals surface area (Å²) in [6, 6.07) is 4.08. The Bertz CT molecular complexity index is 466. The van der Waals surface area contributed by atoms with Gasteiger partial charge >= 0.3 is 0 Å². The number of hydrogen-bond acceptors (Lipinski definition) is 3. The Kier molecular flexibility index (Phi) is 7.55. The molecular formula is C16H28N3O2S+. The second kappa shape index (κ2) is 8.90. The van der Waals surface area contributed by atoms with Crippen molar-refractivity contribution in [3.8, 4) is 0 Å². The van der Waals surface area contributed by atoms with Crippen LogP contribution in [0.5, 0.6) is 0 Å². The number of rotatable bonds is 8. The number of thiophene rings is 1. The third-order valence-corrected chi connectivity index (χ3v) is 4.05. The van der Waals surface area contributed by atoms with Gasteiger partial charge in [-0.25, -0.2) is 0 Å². The lowest BCUT2D eigenvalue weighted by atomic mass is 10.1. The number of nitrogens with one attached hydrogen (secondary N) is 3. The normalized spacial score (nSPS) is 12.7. The molecule has 1 aromatic heterocycles. The van der Waals surface area contributed by atoms with Crippen molar-refractivity contribution in [3.05, 3.63) is 22.4 Å². The Morgan fingerprint density at radius 2 is 1.91 bits per heavy atom. The van der Waals surface area contributed by atoms with E-state index in [9.17, 15) is 9.59 Å². The molecule has 0 bridgehead atoms. The van der Waals surface area contributed by atoms with E-state index in [2.05, 4.69) is 16.7 Å². The summed E-state index contributed by atoms with van der Waals surface area (Å²) in [6.07, 6.45) is 0.857. The maximum Gasteiger partial charge on any atom is 0.275 e. The van der Waals surface area contributed by atoms with Crippen molar-refractivity contribution < 1.29 is 14.5 Å². The predicted octanol–water partition coefficient (Wildman–Crippen LogP) is 0.226. The van der Waals surface area contributed by atoms with E-state index in [1.165, 1.54) is 4.88 Å². The first-order valence-electron chi connectivity index (χ1n) is 7.74. The molecule has 0 saturated heterocycles. The highest BCUT2D eigenvalue weighted by molar-refractivity contribution is 7.09. The number of hydrogen-bond donors (Lipinski definition) is 3. The van der Waals surface area contributed by atoms with Gasteiger partial charge in [0, 0.05) is 17.0 Å². The average Bonchev–Trinajstić information content (AvgIpc) is 2.88. The average molecular weight is 326 g/mol. The quantitative estimate of drug-likeness (QED) is 0.640. The van der Waals surface area contributed by atoms with Gasteiger partial charge in [0.2, 0.25) is 0 Å². The van der Waals surface area contributed by atoms with E-state index < -0.39 is 0 Å². The first kappa shape index (κ1) is 18.6. The van der Waals surface area contributed by atoms with Crippen molar-refractivity contribution in [2.24, 2.45) is 0 Å². The van der Waals surface area contributed by atoms with Gasteiger partial charge in [-0.1, -0.05) is 6.07 Å². The zero-order valence-electron chi connectivity index (χ0n) is 14.0. The van der Waals surface area contributed by atoms with Gasteiger partial charge in [0.05, 0.1) is 6.54 Å². The molecule has 0 aliphatic carbocycles. The molecule has 0 radical (unpaired) electrons. The molecule has 22 heavy (non-hydrogen) atoms. The second-order valence-corrected chi connectivity index (χ2v) is 7.47. The van der Waals surface area contributed by atoms with Gasteiger partial charge in [0.25, 0.3) is 11.8 Å². The van der Waals surface area contributed by atoms with Crippen molar-refractivity contribution in [2.75, 3.05) is 26.2 Å². The van der Waals surface area contributed by atoms with E-state index in [1.807, 2.05) is 39.1 Å². The predicted molar refractivity (Wildman–Crippen MR) is 90.2 cm³/mol. The Morgan fingerprint density at radius 1 is 1.23 bits per heavy atom. The standard InChI is InChI=1S/C16H27N3O2S/c1-5-19(12-15(21)18-16(2,3)4)11-14(20)17-9-8-13-7-6-10-22-13/h6-7,10H,5,8-9,11-12H2,1-4H3,(H,17,20)(H,18,21)/p+1. The minimum absolute atomic E-state index is 0.00281. The van der Waals surface area contributed by atoms with Gasteiger partial charge in [-0.2, -0.15) is 0 Å². The van der Waals surface area contributed by atoms with Gasteiger partial charge < -0.3 is 15.5 Å². The number of likely N-dealkylation sites (N-methyl/N-ethyl adjacent to an activating group) is 1. The molecule has 5 nitrogen and oxygen atoms in total. The fraction of sp³-hybridized carbons (Fsp3) is 0.625. The lowest BCUT2D eigenvalue weighted by Crippen LogP contribution is -3.14. The van der Waals surface area contributed by atoms with E-state index in [1.54, 1.807) is 11.3 Å². The van der Waals surface area contributed by atoms with Crippen molar-refractivity contribution in [2.45, 2.75) is 39.7 Å². The van der Waals surface area contributed by atoms with Crippen LogP contribution in [0.1, 0.15) is 32.6 Å². The van der Waals surface area contributed by atoms with E-state index in [-0.39, 0.29) is 17.4 Å². The molecule has 0 aromatic carbocycles. The van der Waals surface area contributed by atoms with Crippen LogP contribution in [0.15, 0.2) is 17.5 Å². The van der Waals surface area contributed by atoms with Crippen LogP contribution in [-0.2, 0) is 16.0 Å². The monoisotopic (exact) mass is 326 g/mol. The van der Waals surface area contributed by atoms with E-state index in [0.717, 1.165) is 17.9 Å². The first-order chi connectivity index (χ1) is 10.3. The molecule has 0 saturated carbocycles. The molecule has 124 valence electrons. The number of quaternary nitrogens is 1. The lowest BCUT2D eigenvalue weighted by Gasteiger charge is -2.23. The fourth-order valence-corrected chi connectivity index (χ4v) is 2.78. The molecule has 6 heteroatoms. The summed E-state index contributed by atoms with van der Waals surface area (Å²) in [5.74, 6) is -0.0206. The van der Waals surface area contributed by atoms with Crippen LogP contribution in [0.25, 0.3) is 0 Å². The third-order valence-electron chi connectivity index (χ3n) is 3.11. The molecule has 1 heterocycles. The minimum Gasteiger partial charge on any atom is -0.351 e. The summed E-state index contributed by atoms with van der Waals surface area (Å²) >= 11 is 1.70. The smallest absolute Gasteiger partial charge is 0.275 e. The zero-order chi connectivity index (χ0) is 16.6. The molecule has 1 atom stereocenters. The molecule has 0 spiro atoms. The highest BCUT2D eigenvalue weighted by Gasteiger charge is 2.20. The molecule has 2 amide bonds. The van der Waals surface area contributed by atoms with E-state index >= 15 is 0 Å². The van der Waals surface area contributed by atoms with Crippen molar-refractivity contribution in [3.63, 3.8) is 0 Å². The molecule has 0 aliphatic heterocycles. The maximum absolute atomic E-state index is 11.9. The summed E-state index contributed by atoms with van der Waals surface area (Å²) in [7, 11) is 0. The highest BCUT2D eigenvalue weighted by atomic mass is 32.1. The molecule has 0 fully saturated rings. The van der Waals surface area contributed by atoms with E-state index in [4.69, 9.17) is 0 Å². The Balaban J connectivity index is 2.29. The highest BCUT2D eigenvalue weighted by Crippen LogP contribution is 2.07. The van der Waals surface area contributed by atoms with Gasteiger partial charge in [-0.15, -0.1) is 11.3 Å². The molecule has 1 unspecified atom stereocenters. The summed E-state index contributed by atoms with van der Waals surface area (Å²) in [5.41, 5.74) is -0.237. The zero-order valence-corrected chi connectivity index (χ0v) is 14.8. The SMILES string of the molecule is CC[NH+](CC(=O)NCCc1cccs1)CC(=O)NC(C)(C)C. The van der Waals surface area contributed by atoms with Gasteiger partial charge in [0.15, 0.2) is 13.1 Å². The second-order valence-electron chi connectivity index (χ2n) is 6.43. The molecular weight excluding hydrogens is 298 g/mol. The van der Waals surface area contributed by atoms with Gasteiger partial charge in [-0.3, -0.25) is 9.59 Å². The molecule has 3 N–H and O–H groups in total. The van der Waals surface area contributed by atoms with E-state index in [0.29, 0.717) is 19.6 Å². The van der Waals surface area contributed by atoms with Crippen LogP contribution in [0.4, 0.5) is 0 Å². The Morgan fingerprint density at radius 3 is 2.45 bits per heavy atom. The number of carbonyl (C=O) groups is 2. The van der Waals surface area contributed by atoms with Gasteiger partial charge in [-0.05, 0) is 45.6 Å². The van der Waals surface area contributed by atoms with Gasteiger partial charge in [0.1, 0.15) is 0 Å². The summed E-state index contributed by atoms with van der Waals surface area (Å²) in [6.45, 7) is 9.89. The molecule has 0 aliphatic rings. The topological polar surface area (TPSA) is 62.6 Å². The van der Waals surface area contributed by atoms with Crippen molar-refractivity contribution >= 4 is 23.2 Å². The van der Waals surface area contributed by atoms with Crippen molar-refractivity contribution in [1.29, 1.82) is 0 Å². The van der Waals surface area contributed by atoms with Crippen LogP contribution in [0.3, 0.4) is 0 Å². The summed E-state index contributed by atoms with van der Waals surface area (Å²) in [5, 5.41) is 7.89. The first-order valence-corrected chi connectivity index (χ1v) is 8.62. The minimum atomic E-state index is -0.237. The summed E-state index contributed by atoms with van der Waals surface area (Å²) < 4.78 is 0. The lowest BCUT2D eigenvalue weighted by molar-refractivity contribution is -0.881. The van der Waals surface area contributed by atoms with Crippen LogP contribution in [0.2, 0.25) is 0 Å². The number of amides is 2. The van der Waals surface area contributed by atoms with Crippen LogP contribution in [-0.4, -0.2) is 43.5 Å². The third kappa shape index (κ3) is 8.14. The van der Waals surface area contributed by atoms with Crippen LogP contribution < -0.4 is 15.5 Å². The largest absolute Gasteiger partial charge is 0.351 e. The summed E-state index contributed by atoms with van der Waals surface area (Å²) in [4.78, 5) is 26.1. The Labute approximate surface area is 137 Å². The molecule has 1 aromatic rings. The Hall–Kier alpha value is -1.40. The maximum atomic E-state index is 11.9. The molecule has 1 rings (SSSR count). The van der Waals surface area contributed by atoms with Crippen LogP contribution >= 0.6 is 11.3 Å². The fourth-order valence-electron chi connectivity index (χ4n) is 2.07.